The Morgan fingerprint density at radius 3 is 2.52 bits per heavy atom. The second kappa shape index (κ2) is 11.1. The molecule has 1 aliphatic heterocycles. The number of Topliss-reactive ketones (excluding diaryl/α,β-unsaturated/α-hetero) is 1. The third-order valence-corrected chi connectivity index (χ3v) is 5.65. The summed E-state index contributed by atoms with van der Waals surface area (Å²) in [6.07, 6.45) is 0. The number of carbonyl (C=O) groups is 3. The molecule has 0 atom stereocenters. The number of amides is 1. The molecule has 0 aliphatic carbocycles. The van der Waals surface area contributed by atoms with Crippen molar-refractivity contribution >= 4 is 40.6 Å². The minimum absolute atomic E-state index is 0.151. The minimum atomic E-state index is -0.673. The van der Waals surface area contributed by atoms with Gasteiger partial charge >= 0.3 is 5.97 Å². The lowest BCUT2D eigenvalue weighted by atomic mass is 10.2. The molecule has 31 heavy (non-hydrogen) atoms. The number of benzene rings is 1. The summed E-state index contributed by atoms with van der Waals surface area (Å²) in [6.45, 7) is 3.66. The van der Waals surface area contributed by atoms with Crippen molar-refractivity contribution in [1.82, 2.24) is 4.90 Å². The number of halogens is 1. The molecule has 2 aromatic rings. The zero-order valence-corrected chi connectivity index (χ0v) is 18.5. The SMILES string of the molecule is CCOc1cc(C(=O)OCC(=O)c2ccc(Cl)s2)ccc1OCC(=O)N1CCOCC1. The Labute approximate surface area is 188 Å². The molecule has 1 aromatic carbocycles. The predicted molar refractivity (Wildman–Crippen MR) is 114 cm³/mol. The van der Waals surface area contributed by atoms with E-state index in [1.165, 1.54) is 18.2 Å². The minimum Gasteiger partial charge on any atom is -0.490 e. The zero-order chi connectivity index (χ0) is 22.2. The van der Waals surface area contributed by atoms with E-state index in [1.807, 2.05) is 0 Å². The number of rotatable bonds is 9. The molecular weight excluding hydrogens is 446 g/mol. The van der Waals surface area contributed by atoms with E-state index in [2.05, 4.69) is 0 Å². The molecule has 0 saturated carbocycles. The summed E-state index contributed by atoms with van der Waals surface area (Å²) in [5.74, 6) is -0.515. The summed E-state index contributed by atoms with van der Waals surface area (Å²) in [6, 6.07) is 7.69. The lowest BCUT2D eigenvalue weighted by Crippen LogP contribution is -2.43. The lowest BCUT2D eigenvalue weighted by Gasteiger charge is -2.26. The Bertz CT molecular complexity index is 940. The summed E-state index contributed by atoms with van der Waals surface area (Å²) in [5, 5.41) is 0. The van der Waals surface area contributed by atoms with Crippen molar-refractivity contribution in [3.63, 3.8) is 0 Å². The van der Waals surface area contributed by atoms with Gasteiger partial charge in [0.2, 0.25) is 5.78 Å². The predicted octanol–water partition coefficient (Wildman–Crippen LogP) is 3.08. The van der Waals surface area contributed by atoms with E-state index in [0.717, 1.165) is 11.3 Å². The van der Waals surface area contributed by atoms with Crippen LogP contribution < -0.4 is 9.47 Å². The monoisotopic (exact) mass is 467 g/mol. The molecule has 0 radical (unpaired) electrons. The van der Waals surface area contributed by atoms with Crippen molar-refractivity contribution in [1.29, 1.82) is 0 Å². The number of carbonyl (C=O) groups excluding carboxylic acids is 3. The molecule has 1 amide bonds. The Morgan fingerprint density at radius 2 is 1.84 bits per heavy atom. The number of morpholine rings is 1. The molecule has 10 heteroatoms. The van der Waals surface area contributed by atoms with Crippen molar-refractivity contribution < 1.29 is 33.3 Å². The standard InChI is InChI=1S/C21H22ClNO7S/c1-2-28-17-11-14(21(26)30-12-15(24)18-5-6-19(22)31-18)3-4-16(17)29-13-20(25)23-7-9-27-10-8-23/h3-6,11H,2,7-10,12-13H2,1H3. The maximum atomic E-state index is 12.4. The van der Waals surface area contributed by atoms with Gasteiger partial charge in [0.25, 0.3) is 5.91 Å². The van der Waals surface area contributed by atoms with Gasteiger partial charge in [0.1, 0.15) is 0 Å². The first-order valence-electron chi connectivity index (χ1n) is 9.68. The highest BCUT2D eigenvalue weighted by atomic mass is 35.5. The van der Waals surface area contributed by atoms with E-state index in [-0.39, 0.29) is 23.9 Å². The fourth-order valence-corrected chi connectivity index (χ4v) is 3.78. The van der Waals surface area contributed by atoms with Crippen LogP contribution in [0.3, 0.4) is 0 Å². The molecule has 0 spiro atoms. The summed E-state index contributed by atoms with van der Waals surface area (Å²) >= 11 is 6.94. The van der Waals surface area contributed by atoms with Crippen LogP contribution in [-0.2, 0) is 14.3 Å². The van der Waals surface area contributed by atoms with Gasteiger partial charge in [-0.2, -0.15) is 0 Å². The second-order valence-corrected chi connectivity index (χ2v) is 8.19. The summed E-state index contributed by atoms with van der Waals surface area (Å²) in [5.41, 5.74) is 0.201. The highest BCUT2D eigenvalue weighted by Crippen LogP contribution is 2.29. The molecule has 166 valence electrons. The van der Waals surface area contributed by atoms with Crippen molar-refractivity contribution in [2.24, 2.45) is 0 Å². The first-order chi connectivity index (χ1) is 15.0. The molecule has 1 saturated heterocycles. The number of esters is 1. The van der Waals surface area contributed by atoms with Crippen molar-refractivity contribution in [3.8, 4) is 11.5 Å². The van der Waals surface area contributed by atoms with Crippen LogP contribution in [0.15, 0.2) is 30.3 Å². The number of ether oxygens (including phenoxy) is 4. The van der Waals surface area contributed by atoms with Crippen LogP contribution in [0.2, 0.25) is 4.34 Å². The van der Waals surface area contributed by atoms with Crippen molar-refractivity contribution in [3.05, 3.63) is 45.1 Å². The van der Waals surface area contributed by atoms with E-state index < -0.39 is 12.6 Å². The van der Waals surface area contributed by atoms with E-state index in [9.17, 15) is 14.4 Å². The second-order valence-electron chi connectivity index (χ2n) is 6.48. The highest BCUT2D eigenvalue weighted by molar-refractivity contribution is 7.18. The van der Waals surface area contributed by atoms with Gasteiger partial charge in [-0.15, -0.1) is 11.3 Å². The van der Waals surface area contributed by atoms with Gasteiger partial charge < -0.3 is 23.8 Å². The number of hydrogen-bond acceptors (Lipinski definition) is 8. The summed E-state index contributed by atoms with van der Waals surface area (Å²) in [4.78, 5) is 38.8. The average molecular weight is 468 g/mol. The molecular formula is C21H22ClNO7S. The van der Waals surface area contributed by atoms with E-state index in [4.69, 9.17) is 30.5 Å². The molecule has 8 nitrogen and oxygen atoms in total. The van der Waals surface area contributed by atoms with Crippen molar-refractivity contribution in [2.45, 2.75) is 6.92 Å². The number of nitrogens with zero attached hydrogens (tertiary/aromatic N) is 1. The molecule has 0 bridgehead atoms. The van der Waals surface area contributed by atoms with Gasteiger partial charge in [-0.25, -0.2) is 4.79 Å². The van der Waals surface area contributed by atoms with Crippen LogP contribution in [0.1, 0.15) is 27.0 Å². The molecule has 1 fully saturated rings. The molecule has 1 aliphatic rings. The van der Waals surface area contributed by atoms with Gasteiger partial charge in [-0.05, 0) is 37.3 Å². The van der Waals surface area contributed by atoms with Crippen LogP contribution in [0.4, 0.5) is 0 Å². The van der Waals surface area contributed by atoms with E-state index >= 15 is 0 Å². The highest BCUT2D eigenvalue weighted by Gasteiger charge is 2.19. The first kappa shape index (κ1) is 23.1. The Kier molecular flexibility index (Phi) is 8.27. The van der Waals surface area contributed by atoms with Crippen molar-refractivity contribution in [2.75, 3.05) is 46.1 Å². The molecule has 1 aromatic heterocycles. The van der Waals surface area contributed by atoms with Crippen LogP contribution in [0.25, 0.3) is 0 Å². The Morgan fingerprint density at radius 1 is 1.06 bits per heavy atom. The van der Waals surface area contributed by atoms with Crippen LogP contribution in [0.5, 0.6) is 11.5 Å². The molecule has 3 rings (SSSR count). The zero-order valence-electron chi connectivity index (χ0n) is 16.9. The normalized spacial score (nSPS) is 13.5. The Hall–Kier alpha value is -2.62. The maximum absolute atomic E-state index is 12.4. The van der Waals surface area contributed by atoms with E-state index in [1.54, 1.807) is 24.0 Å². The van der Waals surface area contributed by atoms with Gasteiger partial charge in [-0.3, -0.25) is 9.59 Å². The third-order valence-electron chi connectivity index (χ3n) is 4.38. The third kappa shape index (κ3) is 6.43. The fourth-order valence-electron chi connectivity index (χ4n) is 2.82. The quantitative estimate of drug-likeness (QED) is 0.413. The van der Waals surface area contributed by atoms with Gasteiger partial charge in [0.15, 0.2) is 24.7 Å². The molecule has 0 N–H and O–H groups in total. The smallest absolute Gasteiger partial charge is 0.338 e. The number of thiophene rings is 1. The largest absolute Gasteiger partial charge is 0.490 e. The Balaban J connectivity index is 1.59. The average Bonchev–Trinajstić information content (AvgIpc) is 3.23. The topological polar surface area (TPSA) is 91.4 Å². The van der Waals surface area contributed by atoms with Crippen LogP contribution in [-0.4, -0.2) is 68.7 Å². The number of ketones is 1. The van der Waals surface area contributed by atoms with Gasteiger partial charge in [0, 0.05) is 13.1 Å². The molecule has 2 heterocycles. The summed E-state index contributed by atoms with van der Waals surface area (Å²) < 4.78 is 22.0. The van der Waals surface area contributed by atoms with E-state index in [0.29, 0.717) is 53.6 Å². The number of hydrogen-bond donors (Lipinski definition) is 0. The lowest BCUT2D eigenvalue weighted by molar-refractivity contribution is -0.137. The van der Waals surface area contributed by atoms with Crippen LogP contribution in [0, 0.1) is 0 Å². The van der Waals surface area contributed by atoms with Gasteiger partial charge in [0.05, 0.1) is 34.6 Å². The fraction of sp³-hybridized carbons (Fsp3) is 0.381. The summed E-state index contributed by atoms with van der Waals surface area (Å²) in [7, 11) is 0. The first-order valence-corrected chi connectivity index (χ1v) is 10.9. The van der Waals surface area contributed by atoms with Gasteiger partial charge in [-0.1, -0.05) is 11.6 Å². The van der Waals surface area contributed by atoms with Crippen LogP contribution >= 0.6 is 22.9 Å². The molecule has 0 unspecified atom stereocenters. The maximum Gasteiger partial charge on any atom is 0.338 e.